The average Bonchev–Trinajstić information content (AvgIpc) is 3.40. The van der Waals surface area contributed by atoms with E-state index in [1.807, 2.05) is 54.7 Å². The number of benzene rings is 1. The minimum absolute atomic E-state index is 0.577. The van der Waals surface area contributed by atoms with Crippen LogP contribution in [0.15, 0.2) is 54.7 Å². The Balaban J connectivity index is 1.36. The molecule has 1 aliphatic carbocycles. The zero-order valence-corrected chi connectivity index (χ0v) is 16.1. The molecule has 0 spiro atoms. The SMILES string of the molecule is c1ccc(Nc2cnc3ccc(Nc4nnc(C5CCCC5)s4)nc3c2)cc1. The van der Waals surface area contributed by atoms with Crippen LogP contribution in [0.2, 0.25) is 0 Å². The van der Waals surface area contributed by atoms with E-state index in [2.05, 4.69) is 25.8 Å². The van der Waals surface area contributed by atoms with Gasteiger partial charge in [-0.05, 0) is 43.2 Å². The number of rotatable bonds is 5. The number of hydrogen-bond acceptors (Lipinski definition) is 7. The molecule has 3 aromatic heterocycles. The molecule has 0 atom stereocenters. The topological polar surface area (TPSA) is 75.6 Å². The third-order valence-corrected chi connectivity index (χ3v) is 5.98. The highest BCUT2D eigenvalue weighted by Gasteiger charge is 2.21. The fraction of sp³-hybridized carbons (Fsp3) is 0.238. The van der Waals surface area contributed by atoms with Crippen LogP contribution in [0.4, 0.5) is 22.3 Å². The van der Waals surface area contributed by atoms with Gasteiger partial charge in [-0.2, -0.15) is 0 Å². The molecule has 0 bridgehead atoms. The van der Waals surface area contributed by atoms with E-state index in [0.717, 1.165) is 38.4 Å². The average molecular weight is 389 g/mol. The summed E-state index contributed by atoms with van der Waals surface area (Å²) < 4.78 is 0. The van der Waals surface area contributed by atoms with Crippen LogP contribution in [-0.4, -0.2) is 20.2 Å². The van der Waals surface area contributed by atoms with Crippen molar-refractivity contribution in [3.8, 4) is 0 Å². The first-order chi connectivity index (χ1) is 13.8. The van der Waals surface area contributed by atoms with Gasteiger partial charge in [-0.3, -0.25) is 4.98 Å². The van der Waals surface area contributed by atoms with Crippen molar-refractivity contribution in [1.29, 1.82) is 0 Å². The molecule has 2 N–H and O–H groups in total. The highest BCUT2D eigenvalue weighted by Crippen LogP contribution is 2.37. The molecule has 6 nitrogen and oxygen atoms in total. The number of para-hydroxylation sites is 1. The predicted octanol–water partition coefficient (Wildman–Crippen LogP) is 5.63. The Kier molecular flexibility index (Phi) is 4.58. The molecule has 4 aromatic rings. The summed E-state index contributed by atoms with van der Waals surface area (Å²) in [6.07, 6.45) is 6.87. The lowest BCUT2D eigenvalue weighted by molar-refractivity contribution is 0.705. The predicted molar refractivity (Wildman–Crippen MR) is 114 cm³/mol. The molecule has 0 radical (unpaired) electrons. The van der Waals surface area contributed by atoms with Crippen LogP contribution in [0.25, 0.3) is 11.0 Å². The monoisotopic (exact) mass is 388 g/mol. The van der Waals surface area contributed by atoms with Gasteiger partial charge >= 0.3 is 0 Å². The molecule has 5 rings (SSSR count). The van der Waals surface area contributed by atoms with Crippen molar-refractivity contribution in [3.63, 3.8) is 0 Å². The summed E-state index contributed by atoms with van der Waals surface area (Å²) in [7, 11) is 0. The summed E-state index contributed by atoms with van der Waals surface area (Å²) in [6, 6.07) is 15.9. The van der Waals surface area contributed by atoms with Crippen LogP contribution in [0.3, 0.4) is 0 Å². The number of fused-ring (bicyclic) bond motifs is 1. The Morgan fingerprint density at radius 1 is 0.857 bits per heavy atom. The van der Waals surface area contributed by atoms with Crippen molar-refractivity contribution in [2.24, 2.45) is 0 Å². The molecular weight excluding hydrogens is 368 g/mol. The molecule has 140 valence electrons. The Bertz CT molecular complexity index is 1090. The Morgan fingerprint density at radius 2 is 1.71 bits per heavy atom. The van der Waals surface area contributed by atoms with Crippen molar-refractivity contribution >= 4 is 44.7 Å². The number of pyridine rings is 2. The zero-order chi connectivity index (χ0) is 18.8. The van der Waals surface area contributed by atoms with Gasteiger partial charge in [-0.15, -0.1) is 10.2 Å². The molecular formula is C21H20N6S. The van der Waals surface area contributed by atoms with Crippen LogP contribution in [0.1, 0.15) is 36.6 Å². The maximum Gasteiger partial charge on any atom is 0.211 e. The maximum atomic E-state index is 4.70. The van der Waals surface area contributed by atoms with Crippen molar-refractivity contribution in [2.75, 3.05) is 10.6 Å². The molecule has 0 saturated heterocycles. The first-order valence-corrected chi connectivity index (χ1v) is 10.3. The molecule has 1 fully saturated rings. The summed E-state index contributed by atoms with van der Waals surface area (Å²) in [5.74, 6) is 1.33. The summed E-state index contributed by atoms with van der Waals surface area (Å²) in [4.78, 5) is 9.21. The lowest BCUT2D eigenvalue weighted by Crippen LogP contribution is -1.96. The minimum Gasteiger partial charge on any atom is -0.354 e. The van der Waals surface area contributed by atoms with E-state index in [9.17, 15) is 0 Å². The molecule has 0 amide bonds. The largest absolute Gasteiger partial charge is 0.354 e. The van der Waals surface area contributed by atoms with Gasteiger partial charge < -0.3 is 10.6 Å². The summed E-state index contributed by atoms with van der Waals surface area (Å²) in [5.41, 5.74) is 3.61. The van der Waals surface area contributed by atoms with E-state index >= 15 is 0 Å². The highest BCUT2D eigenvalue weighted by molar-refractivity contribution is 7.15. The van der Waals surface area contributed by atoms with Crippen LogP contribution in [0.5, 0.6) is 0 Å². The van der Waals surface area contributed by atoms with Gasteiger partial charge in [0.25, 0.3) is 0 Å². The van der Waals surface area contributed by atoms with Crippen molar-refractivity contribution in [1.82, 2.24) is 20.2 Å². The summed E-state index contributed by atoms with van der Waals surface area (Å²) in [6.45, 7) is 0. The van der Waals surface area contributed by atoms with Crippen LogP contribution in [0, 0.1) is 0 Å². The van der Waals surface area contributed by atoms with E-state index in [4.69, 9.17) is 4.98 Å². The number of aromatic nitrogens is 4. The Hall–Kier alpha value is -3.06. The standard InChI is InChI=1S/C21H20N6S/c1-2-8-15(9-3-1)23-16-12-18-17(22-13-16)10-11-19(24-18)25-21-27-26-20(28-21)14-6-4-5-7-14/h1-3,8-14,23H,4-7H2,(H,24,25,27). The normalized spacial score (nSPS) is 14.4. The number of hydrogen-bond donors (Lipinski definition) is 2. The third kappa shape index (κ3) is 3.66. The summed E-state index contributed by atoms with van der Waals surface area (Å²) >= 11 is 1.63. The summed E-state index contributed by atoms with van der Waals surface area (Å²) in [5, 5.41) is 17.3. The highest BCUT2D eigenvalue weighted by atomic mass is 32.1. The number of anilines is 4. The maximum absolute atomic E-state index is 4.70. The molecule has 0 unspecified atom stereocenters. The molecule has 3 heterocycles. The van der Waals surface area contributed by atoms with E-state index in [1.54, 1.807) is 11.3 Å². The quantitative estimate of drug-likeness (QED) is 0.462. The second kappa shape index (κ2) is 7.52. The van der Waals surface area contributed by atoms with E-state index < -0.39 is 0 Å². The van der Waals surface area contributed by atoms with Gasteiger partial charge in [0.2, 0.25) is 5.13 Å². The number of nitrogens with zero attached hydrogens (tertiary/aromatic N) is 4. The minimum atomic E-state index is 0.577. The van der Waals surface area contributed by atoms with Gasteiger partial charge in [0.1, 0.15) is 10.8 Å². The van der Waals surface area contributed by atoms with Crippen LogP contribution in [-0.2, 0) is 0 Å². The molecule has 1 aromatic carbocycles. The van der Waals surface area contributed by atoms with E-state index in [-0.39, 0.29) is 0 Å². The van der Waals surface area contributed by atoms with E-state index in [0.29, 0.717) is 5.92 Å². The van der Waals surface area contributed by atoms with Crippen molar-refractivity contribution in [3.05, 3.63) is 59.7 Å². The van der Waals surface area contributed by atoms with E-state index in [1.165, 1.54) is 25.7 Å². The van der Waals surface area contributed by atoms with Crippen LogP contribution >= 0.6 is 11.3 Å². The van der Waals surface area contributed by atoms with Gasteiger partial charge in [0.15, 0.2) is 0 Å². The fourth-order valence-electron chi connectivity index (χ4n) is 3.57. The Morgan fingerprint density at radius 3 is 2.57 bits per heavy atom. The smallest absolute Gasteiger partial charge is 0.211 e. The molecule has 1 aliphatic rings. The molecule has 7 heteroatoms. The second-order valence-electron chi connectivity index (χ2n) is 7.00. The lowest BCUT2D eigenvalue weighted by Gasteiger charge is -2.08. The lowest BCUT2D eigenvalue weighted by atomic mass is 10.1. The molecule has 1 saturated carbocycles. The zero-order valence-electron chi connectivity index (χ0n) is 15.3. The second-order valence-corrected chi connectivity index (χ2v) is 8.01. The first kappa shape index (κ1) is 17.1. The van der Waals surface area contributed by atoms with Crippen molar-refractivity contribution < 1.29 is 0 Å². The van der Waals surface area contributed by atoms with Gasteiger partial charge in [-0.1, -0.05) is 42.4 Å². The molecule has 0 aliphatic heterocycles. The van der Waals surface area contributed by atoms with Gasteiger partial charge in [0, 0.05) is 11.6 Å². The Labute approximate surface area is 167 Å². The van der Waals surface area contributed by atoms with Crippen LogP contribution < -0.4 is 10.6 Å². The third-order valence-electron chi connectivity index (χ3n) is 4.98. The fourth-order valence-corrected chi connectivity index (χ4v) is 4.48. The number of nitrogens with one attached hydrogen (secondary N) is 2. The molecule has 28 heavy (non-hydrogen) atoms. The van der Waals surface area contributed by atoms with Gasteiger partial charge in [0.05, 0.1) is 22.9 Å². The first-order valence-electron chi connectivity index (χ1n) is 9.53. The van der Waals surface area contributed by atoms with Gasteiger partial charge in [-0.25, -0.2) is 4.98 Å². The van der Waals surface area contributed by atoms with Crippen molar-refractivity contribution in [2.45, 2.75) is 31.6 Å².